The third-order valence-electron chi connectivity index (χ3n) is 4.23. The molecule has 29 heavy (non-hydrogen) atoms. The summed E-state index contributed by atoms with van der Waals surface area (Å²) in [4.78, 5) is 36.0. The molecule has 0 aliphatic heterocycles. The van der Waals surface area contributed by atoms with Crippen molar-refractivity contribution in [3.8, 4) is 6.07 Å². The summed E-state index contributed by atoms with van der Waals surface area (Å²) in [5.41, 5.74) is 7.25. The van der Waals surface area contributed by atoms with Gasteiger partial charge in [0, 0.05) is 19.8 Å². The fraction of sp³-hybridized carbons (Fsp3) is 0.238. The molecule has 0 spiro atoms. The molecule has 0 bridgehead atoms. The van der Waals surface area contributed by atoms with E-state index in [0.717, 1.165) is 0 Å². The molecule has 0 aromatic heterocycles. The van der Waals surface area contributed by atoms with Crippen molar-refractivity contribution >= 4 is 17.7 Å². The Morgan fingerprint density at radius 2 is 1.48 bits per heavy atom. The van der Waals surface area contributed by atoms with E-state index in [1.165, 1.54) is 31.2 Å². The summed E-state index contributed by atoms with van der Waals surface area (Å²) in [7, 11) is 0. The lowest BCUT2D eigenvalue weighted by Crippen LogP contribution is -2.54. The van der Waals surface area contributed by atoms with Crippen LogP contribution in [0.5, 0.6) is 0 Å². The van der Waals surface area contributed by atoms with E-state index in [1.54, 1.807) is 24.3 Å². The number of rotatable bonds is 8. The number of benzene rings is 2. The smallest absolute Gasteiger partial charge is 0.243 e. The highest BCUT2D eigenvalue weighted by Gasteiger charge is 2.25. The van der Waals surface area contributed by atoms with Crippen LogP contribution in [0.25, 0.3) is 0 Å². The predicted octanol–water partition coefficient (Wildman–Crippen LogP) is 0.957. The molecule has 4 N–H and O–H groups in total. The van der Waals surface area contributed by atoms with Gasteiger partial charge in [-0.05, 0) is 35.4 Å². The summed E-state index contributed by atoms with van der Waals surface area (Å²) in [6, 6.07) is 12.1. The molecule has 3 amide bonds. The largest absolute Gasteiger partial charge is 0.368 e. The second kappa shape index (κ2) is 9.99. The zero-order chi connectivity index (χ0) is 21.4. The van der Waals surface area contributed by atoms with Gasteiger partial charge in [0.05, 0.1) is 11.6 Å². The monoisotopic (exact) mass is 396 g/mol. The van der Waals surface area contributed by atoms with Gasteiger partial charge in [0.1, 0.15) is 17.9 Å². The van der Waals surface area contributed by atoms with Gasteiger partial charge in [-0.1, -0.05) is 24.3 Å². The SMILES string of the molecule is CC(=O)N[C@H](Cc1ccc(F)cc1)C(=O)N[C@H](Cc1ccc(C#N)cc1)C(N)=O. The van der Waals surface area contributed by atoms with Crippen molar-refractivity contribution in [3.63, 3.8) is 0 Å². The summed E-state index contributed by atoms with van der Waals surface area (Å²) in [5, 5.41) is 13.9. The van der Waals surface area contributed by atoms with E-state index in [2.05, 4.69) is 10.6 Å². The molecular formula is C21H21FN4O3. The second-order valence-electron chi connectivity index (χ2n) is 6.56. The minimum absolute atomic E-state index is 0.119. The lowest BCUT2D eigenvalue weighted by Gasteiger charge is -2.22. The van der Waals surface area contributed by atoms with Crippen LogP contribution in [0, 0.1) is 17.1 Å². The number of primary amides is 1. The Labute approximate surface area is 167 Å². The fourth-order valence-corrected chi connectivity index (χ4v) is 2.76. The minimum atomic E-state index is -1.00. The van der Waals surface area contributed by atoms with Crippen molar-refractivity contribution in [3.05, 3.63) is 71.0 Å². The highest BCUT2D eigenvalue weighted by molar-refractivity contribution is 5.91. The number of nitrogens with two attached hydrogens (primary N) is 1. The molecule has 0 aliphatic carbocycles. The molecule has 0 heterocycles. The molecule has 0 unspecified atom stereocenters. The molecule has 2 aromatic carbocycles. The van der Waals surface area contributed by atoms with Gasteiger partial charge in [0.25, 0.3) is 0 Å². The van der Waals surface area contributed by atoms with Crippen molar-refractivity contribution in [1.82, 2.24) is 10.6 Å². The third-order valence-corrected chi connectivity index (χ3v) is 4.23. The Balaban J connectivity index is 2.12. The van der Waals surface area contributed by atoms with Gasteiger partial charge in [-0.15, -0.1) is 0 Å². The molecule has 2 aromatic rings. The molecular weight excluding hydrogens is 375 g/mol. The van der Waals surface area contributed by atoms with Crippen LogP contribution in [0.3, 0.4) is 0 Å². The molecule has 2 rings (SSSR count). The zero-order valence-corrected chi connectivity index (χ0v) is 15.8. The Morgan fingerprint density at radius 1 is 0.966 bits per heavy atom. The summed E-state index contributed by atoms with van der Waals surface area (Å²) in [6.07, 6.45) is 0.254. The van der Waals surface area contributed by atoms with Crippen molar-refractivity contribution in [2.24, 2.45) is 5.73 Å². The van der Waals surface area contributed by atoms with Gasteiger partial charge in [0.2, 0.25) is 17.7 Å². The molecule has 0 saturated heterocycles. The maximum absolute atomic E-state index is 13.1. The van der Waals surface area contributed by atoms with Crippen LogP contribution in [-0.2, 0) is 27.2 Å². The lowest BCUT2D eigenvalue weighted by atomic mass is 10.0. The summed E-state index contributed by atoms with van der Waals surface area (Å²) < 4.78 is 13.1. The van der Waals surface area contributed by atoms with E-state index in [0.29, 0.717) is 16.7 Å². The fourth-order valence-electron chi connectivity index (χ4n) is 2.76. The number of carbonyl (C=O) groups is 3. The minimum Gasteiger partial charge on any atom is -0.368 e. The second-order valence-corrected chi connectivity index (χ2v) is 6.56. The van der Waals surface area contributed by atoms with Crippen molar-refractivity contribution < 1.29 is 18.8 Å². The molecule has 0 aliphatic rings. The predicted molar refractivity (Wildman–Crippen MR) is 104 cm³/mol. The number of carbonyl (C=O) groups excluding carboxylic acids is 3. The normalized spacial score (nSPS) is 12.3. The standard InChI is InChI=1S/C21H21FN4O3/c1-13(27)25-19(11-15-6-8-17(22)9-7-15)21(29)26-18(20(24)28)10-14-2-4-16(12-23)5-3-14/h2-9,18-19H,10-11H2,1H3,(H2,24,28)(H,25,27)(H,26,29)/t18-,19-/m1/s1. The van der Waals surface area contributed by atoms with Crippen LogP contribution in [0.1, 0.15) is 23.6 Å². The van der Waals surface area contributed by atoms with Crippen molar-refractivity contribution in [1.29, 1.82) is 5.26 Å². The van der Waals surface area contributed by atoms with Crippen LogP contribution >= 0.6 is 0 Å². The Bertz CT molecular complexity index is 920. The molecule has 8 heteroatoms. The average Bonchev–Trinajstić information content (AvgIpc) is 2.68. The van der Waals surface area contributed by atoms with Gasteiger partial charge in [-0.2, -0.15) is 5.26 Å². The van der Waals surface area contributed by atoms with Crippen LogP contribution in [0.4, 0.5) is 4.39 Å². The Hall–Kier alpha value is -3.73. The third kappa shape index (κ3) is 6.74. The van der Waals surface area contributed by atoms with Gasteiger partial charge in [0.15, 0.2) is 0 Å². The van der Waals surface area contributed by atoms with Gasteiger partial charge in [-0.25, -0.2) is 4.39 Å². The van der Waals surface area contributed by atoms with Crippen LogP contribution in [0.2, 0.25) is 0 Å². The zero-order valence-electron chi connectivity index (χ0n) is 15.8. The van der Waals surface area contributed by atoms with E-state index in [4.69, 9.17) is 11.0 Å². The van der Waals surface area contributed by atoms with Gasteiger partial charge in [-0.3, -0.25) is 14.4 Å². The quantitative estimate of drug-likeness (QED) is 0.614. The highest BCUT2D eigenvalue weighted by atomic mass is 19.1. The van der Waals surface area contributed by atoms with Crippen molar-refractivity contribution in [2.45, 2.75) is 31.8 Å². The molecule has 150 valence electrons. The lowest BCUT2D eigenvalue weighted by molar-refractivity contribution is -0.130. The summed E-state index contributed by atoms with van der Waals surface area (Å²) >= 11 is 0. The van der Waals surface area contributed by atoms with Gasteiger partial charge < -0.3 is 16.4 Å². The molecule has 0 saturated carbocycles. The average molecular weight is 396 g/mol. The van der Waals surface area contributed by atoms with E-state index < -0.39 is 35.6 Å². The van der Waals surface area contributed by atoms with E-state index in [-0.39, 0.29) is 12.8 Å². The number of nitriles is 1. The maximum Gasteiger partial charge on any atom is 0.243 e. The summed E-state index contributed by atoms with van der Waals surface area (Å²) in [5.74, 6) is -2.14. The van der Waals surface area contributed by atoms with Crippen LogP contribution in [-0.4, -0.2) is 29.8 Å². The van der Waals surface area contributed by atoms with E-state index in [9.17, 15) is 18.8 Å². The number of halogens is 1. The van der Waals surface area contributed by atoms with E-state index >= 15 is 0 Å². The first-order valence-electron chi connectivity index (χ1n) is 8.88. The first kappa shape index (κ1) is 21.6. The topological polar surface area (TPSA) is 125 Å². The first-order valence-corrected chi connectivity index (χ1v) is 8.88. The number of hydrogen-bond donors (Lipinski definition) is 3. The number of nitrogens with zero attached hydrogens (tertiary/aromatic N) is 1. The first-order chi connectivity index (χ1) is 13.8. The van der Waals surface area contributed by atoms with Crippen molar-refractivity contribution in [2.75, 3.05) is 0 Å². The molecule has 0 fully saturated rings. The molecule has 0 radical (unpaired) electrons. The Kier molecular flexibility index (Phi) is 7.43. The Morgan fingerprint density at radius 3 is 1.97 bits per heavy atom. The number of hydrogen-bond acceptors (Lipinski definition) is 4. The maximum atomic E-state index is 13.1. The highest BCUT2D eigenvalue weighted by Crippen LogP contribution is 2.09. The summed E-state index contributed by atoms with van der Waals surface area (Å²) in [6.45, 7) is 1.27. The molecule has 7 nitrogen and oxygen atoms in total. The molecule has 2 atom stereocenters. The number of nitrogens with one attached hydrogen (secondary N) is 2. The van der Waals surface area contributed by atoms with Gasteiger partial charge >= 0.3 is 0 Å². The number of amides is 3. The van der Waals surface area contributed by atoms with Crippen LogP contribution in [0.15, 0.2) is 48.5 Å². The van der Waals surface area contributed by atoms with E-state index in [1.807, 2.05) is 6.07 Å². The van der Waals surface area contributed by atoms with Crippen LogP contribution < -0.4 is 16.4 Å².